The van der Waals surface area contributed by atoms with Crippen LogP contribution in [0.15, 0.2) is 24.3 Å². The number of unbranched alkanes of at least 4 members (excludes halogenated alkanes) is 1. The van der Waals surface area contributed by atoms with Crippen molar-refractivity contribution in [1.29, 1.82) is 0 Å². The standard InChI is InChI=1S/C14H23ClN2/c1-12(16)6-3-4-9-17(2)11-13-7-5-8-14(15)10-13/h5,7-8,10,12H,3-4,6,9,11,16H2,1-2H3. The van der Waals surface area contributed by atoms with Gasteiger partial charge in [0.1, 0.15) is 0 Å². The SMILES string of the molecule is CC(N)CCCCN(C)Cc1cccc(Cl)c1. The summed E-state index contributed by atoms with van der Waals surface area (Å²) in [6, 6.07) is 8.38. The number of benzene rings is 1. The minimum atomic E-state index is 0.327. The van der Waals surface area contributed by atoms with E-state index in [-0.39, 0.29) is 0 Å². The Morgan fingerprint density at radius 2 is 2.12 bits per heavy atom. The Hall–Kier alpha value is -0.570. The molecule has 0 saturated carbocycles. The van der Waals surface area contributed by atoms with Crippen molar-refractivity contribution in [3.8, 4) is 0 Å². The van der Waals surface area contributed by atoms with Crippen molar-refractivity contribution >= 4 is 11.6 Å². The normalized spacial score (nSPS) is 13.0. The largest absolute Gasteiger partial charge is 0.328 e. The maximum absolute atomic E-state index is 5.96. The number of nitrogens with zero attached hydrogens (tertiary/aromatic N) is 1. The van der Waals surface area contributed by atoms with Crippen molar-refractivity contribution in [2.45, 2.75) is 38.8 Å². The van der Waals surface area contributed by atoms with Gasteiger partial charge in [-0.15, -0.1) is 0 Å². The minimum absolute atomic E-state index is 0.327. The Balaban J connectivity index is 2.23. The van der Waals surface area contributed by atoms with Crippen LogP contribution in [0.2, 0.25) is 5.02 Å². The van der Waals surface area contributed by atoms with E-state index in [2.05, 4.69) is 24.9 Å². The maximum Gasteiger partial charge on any atom is 0.0409 e. The Morgan fingerprint density at radius 1 is 1.35 bits per heavy atom. The fourth-order valence-electron chi connectivity index (χ4n) is 1.87. The number of rotatable bonds is 7. The predicted molar refractivity (Wildman–Crippen MR) is 75.3 cm³/mol. The number of nitrogens with two attached hydrogens (primary N) is 1. The fraction of sp³-hybridized carbons (Fsp3) is 0.571. The average molecular weight is 255 g/mol. The molecule has 96 valence electrons. The van der Waals surface area contributed by atoms with Gasteiger partial charge in [0.15, 0.2) is 0 Å². The first-order valence-corrected chi connectivity index (χ1v) is 6.64. The van der Waals surface area contributed by atoms with Gasteiger partial charge in [-0.05, 0) is 51.1 Å². The first kappa shape index (κ1) is 14.5. The molecule has 1 rings (SSSR count). The summed E-state index contributed by atoms with van der Waals surface area (Å²) in [6.45, 7) is 4.13. The quantitative estimate of drug-likeness (QED) is 0.757. The van der Waals surface area contributed by atoms with Crippen LogP contribution in [0.1, 0.15) is 31.7 Å². The minimum Gasteiger partial charge on any atom is -0.328 e. The van der Waals surface area contributed by atoms with Crippen LogP contribution in [0, 0.1) is 0 Å². The van der Waals surface area contributed by atoms with Crippen LogP contribution in [-0.4, -0.2) is 24.5 Å². The second-order valence-electron chi connectivity index (χ2n) is 4.84. The molecular weight excluding hydrogens is 232 g/mol. The second-order valence-corrected chi connectivity index (χ2v) is 5.28. The molecule has 1 aromatic carbocycles. The van der Waals surface area contributed by atoms with Crippen LogP contribution in [0.5, 0.6) is 0 Å². The molecule has 2 nitrogen and oxygen atoms in total. The van der Waals surface area contributed by atoms with Gasteiger partial charge in [-0.1, -0.05) is 30.2 Å². The third-order valence-corrected chi connectivity index (χ3v) is 3.03. The van der Waals surface area contributed by atoms with Gasteiger partial charge in [0.2, 0.25) is 0 Å². The van der Waals surface area contributed by atoms with Crippen molar-refractivity contribution in [2.24, 2.45) is 5.73 Å². The molecule has 0 spiro atoms. The first-order valence-electron chi connectivity index (χ1n) is 6.26. The predicted octanol–water partition coefficient (Wildman–Crippen LogP) is 3.29. The van der Waals surface area contributed by atoms with Crippen molar-refractivity contribution in [3.63, 3.8) is 0 Å². The lowest BCUT2D eigenvalue weighted by Gasteiger charge is -2.17. The van der Waals surface area contributed by atoms with Crippen LogP contribution in [-0.2, 0) is 6.54 Å². The van der Waals surface area contributed by atoms with Crippen LogP contribution >= 0.6 is 11.6 Å². The summed E-state index contributed by atoms with van der Waals surface area (Å²) in [4.78, 5) is 2.33. The monoisotopic (exact) mass is 254 g/mol. The summed E-state index contributed by atoms with van der Waals surface area (Å²) in [5, 5.41) is 0.813. The maximum atomic E-state index is 5.96. The van der Waals surface area contributed by atoms with Gasteiger partial charge in [0.05, 0.1) is 0 Å². The van der Waals surface area contributed by atoms with Gasteiger partial charge in [-0.2, -0.15) is 0 Å². The molecule has 1 unspecified atom stereocenters. The Labute approximate surface area is 110 Å². The highest BCUT2D eigenvalue weighted by Gasteiger charge is 2.01. The molecule has 0 amide bonds. The molecule has 0 aliphatic carbocycles. The fourth-order valence-corrected chi connectivity index (χ4v) is 2.09. The molecular formula is C14H23ClN2. The van der Waals surface area contributed by atoms with Crippen LogP contribution < -0.4 is 5.73 Å². The van der Waals surface area contributed by atoms with Gasteiger partial charge in [0.25, 0.3) is 0 Å². The molecule has 0 bridgehead atoms. The van der Waals surface area contributed by atoms with E-state index in [4.69, 9.17) is 17.3 Å². The van der Waals surface area contributed by atoms with E-state index in [1.807, 2.05) is 18.2 Å². The van der Waals surface area contributed by atoms with Crippen molar-refractivity contribution in [3.05, 3.63) is 34.9 Å². The second kappa shape index (κ2) is 7.70. The van der Waals surface area contributed by atoms with Crippen molar-refractivity contribution in [2.75, 3.05) is 13.6 Å². The highest BCUT2D eigenvalue weighted by molar-refractivity contribution is 6.30. The van der Waals surface area contributed by atoms with E-state index in [1.54, 1.807) is 0 Å². The zero-order valence-electron chi connectivity index (χ0n) is 10.8. The lowest BCUT2D eigenvalue weighted by Crippen LogP contribution is -2.20. The zero-order valence-corrected chi connectivity index (χ0v) is 11.6. The summed E-state index contributed by atoms with van der Waals surface area (Å²) < 4.78 is 0. The van der Waals surface area contributed by atoms with Crippen LogP contribution in [0.3, 0.4) is 0 Å². The summed E-state index contributed by atoms with van der Waals surface area (Å²) >= 11 is 5.96. The molecule has 0 fully saturated rings. The summed E-state index contributed by atoms with van der Waals surface area (Å²) in [6.07, 6.45) is 3.53. The Kier molecular flexibility index (Phi) is 6.56. The Morgan fingerprint density at radius 3 is 2.76 bits per heavy atom. The lowest BCUT2D eigenvalue weighted by molar-refractivity contribution is 0.316. The summed E-state index contributed by atoms with van der Waals surface area (Å²) in [5.41, 5.74) is 6.99. The number of halogens is 1. The van der Waals surface area contributed by atoms with E-state index >= 15 is 0 Å². The van der Waals surface area contributed by atoms with Gasteiger partial charge < -0.3 is 10.6 Å². The highest BCUT2D eigenvalue weighted by atomic mass is 35.5. The molecule has 2 N–H and O–H groups in total. The Bertz CT molecular complexity index is 326. The van der Waals surface area contributed by atoms with Crippen LogP contribution in [0.4, 0.5) is 0 Å². The molecule has 0 aliphatic heterocycles. The molecule has 17 heavy (non-hydrogen) atoms. The third kappa shape index (κ3) is 6.67. The van der Waals surface area contributed by atoms with E-state index in [0.717, 1.165) is 24.5 Å². The molecule has 3 heteroatoms. The first-order chi connectivity index (χ1) is 8.08. The van der Waals surface area contributed by atoms with Gasteiger partial charge in [-0.3, -0.25) is 0 Å². The van der Waals surface area contributed by atoms with Crippen molar-refractivity contribution in [1.82, 2.24) is 4.90 Å². The molecule has 0 saturated heterocycles. The highest BCUT2D eigenvalue weighted by Crippen LogP contribution is 2.12. The smallest absolute Gasteiger partial charge is 0.0409 e. The third-order valence-electron chi connectivity index (χ3n) is 2.79. The van der Waals surface area contributed by atoms with Crippen molar-refractivity contribution < 1.29 is 0 Å². The van der Waals surface area contributed by atoms with E-state index in [1.165, 1.54) is 18.4 Å². The topological polar surface area (TPSA) is 29.3 Å². The summed E-state index contributed by atoms with van der Waals surface area (Å²) in [5.74, 6) is 0. The lowest BCUT2D eigenvalue weighted by atomic mass is 10.1. The number of hydrogen-bond donors (Lipinski definition) is 1. The molecule has 0 aromatic heterocycles. The van der Waals surface area contributed by atoms with Gasteiger partial charge in [0, 0.05) is 17.6 Å². The van der Waals surface area contributed by atoms with E-state index < -0.39 is 0 Å². The molecule has 0 heterocycles. The average Bonchev–Trinajstić information content (AvgIpc) is 2.24. The zero-order chi connectivity index (χ0) is 12.7. The number of hydrogen-bond acceptors (Lipinski definition) is 2. The van der Waals surface area contributed by atoms with Gasteiger partial charge in [-0.25, -0.2) is 0 Å². The van der Waals surface area contributed by atoms with E-state index in [9.17, 15) is 0 Å². The molecule has 1 atom stereocenters. The molecule has 0 aliphatic rings. The van der Waals surface area contributed by atoms with Gasteiger partial charge >= 0.3 is 0 Å². The summed E-state index contributed by atoms with van der Waals surface area (Å²) in [7, 11) is 2.15. The molecule has 0 radical (unpaired) electrons. The molecule has 1 aromatic rings. The van der Waals surface area contributed by atoms with Crippen LogP contribution in [0.25, 0.3) is 0 Å². The van der Waals surface area contributed by atoms with E-state index in [0.29, 0.717) is 6.04 Å².